The predicted octanol–water partition coefficient (Wildman–Crippen LogP) is 5.35. The van der Waals surface area contributed by atoms with Gasteiger partial charge in [0.15, 0.2) is 0 Å². The van der Waals surface area contributed by atoms with Crippen molar-refractivity contribution in [2.45, 2.75) is 50.3 Å². The molecule has 3 fully saturated rings. The molecule has 5 nitrogen and oxygen atoms in total. The molecule has 2 atom stereocenters. The molecule has 1 amide bonds. The fourth-order valence-electron chi connectivity index (χ4n) is 5.58. The highest BCUT2D eigenvalue weighted by molar-refractivity contribution is 5.90. The molecule has 0 bridgehead atoms. The van der Waals surface area contributed by atoms with Crippen LogP contribution in [0.15, 0.2) is 42.5 Å². The van der Waals surface area contributed by atoms with Crippen molar-refractivity contribution < 1.29 is 32.6 Å². The first-order chi connectivity index (χ1) is 16.2. The summed E-state index contributed by atoms with van der Waals surface area (Å²) in [6.45, 7) is 2.08. The van der Waals surface area contributed by atoms with Crippen LogP contribution in [0.1, 0.15) is 59.5 Å². The van der Waals surface area contributed by atoms with Gasteiger partial charge in [-0.2, -0.15) is 13.2 Å². The summed E-state index contributed by atoms with van der Waals surface area (Å²) in [7, 11) is 0. The molecule has 5 rings (SSSR count). The Morgan fingerprint density at radius 1 is 1.06 bits per heavy atom. The number of alkyl halides is 3. The van der Waals surface area contributed by atoms with Crippen LogP contribution in [-0.2, 0) is 15.7 Å². The summed E-state index contributed by atoms with van der Waals surface area (Å²) >= 11 is 0. The van der Waals surface area contributed by atoms with Crippen LogP contribution < -0.4 is 0 Å². The van der Waals surface area contributed by atoms with E-state index in [0.717, 1.165) is 55.9 Å². The molecule has 3 aliphatic rings. The number of hydrogen-bond donors (Lipinski definition) is 1. The number of aromatic carboxylic acids is 1. The molecule has 8 heteroatoms. The first-order valence-electron chi connectivity index (χ1n) is 11.6. The van der Waals surface area contributed by atoms with E-state index in [2.05, 4.69) is 0 Å². The van der Waals surface area contributed by atoms with Crippen molar-refractivity contribution in [3.8, 4) is 11.1 Å². The lowest BCUT2D eigenvalue weighted by Crippen LogP contribution is -2.44. The largest absolute Gasteiger partial charge is 0.478 e. The second-order valence-corrected chi connectivity index (χ2v) is 9.63. The van der Waals surface area contributed by atoms with Crippen molar-refractivity contribution in [1.29, 1.82) is 0 Å². The predicted molar refractivity (Wildman–Crippen MR) is 118 cm³/mol. The molecule has 2 saturated heterocycles. The third-order valence-electron chi connectivity index (χ3n) is 7.66. The number of hydrogen-bond acceptors (Lipinski definition) is 3. The molecule has 2 aliphatic heterocycles. The number of carbonyl (C=O) groups excluding carboxylic acids is 1. The number of amides is 1. The minimum absolute atomic E-state index is 0.0953. The van der Waals surface area contributed by atoms with E-state index in [1.807, 2.05) is 17.0 Å². The summed E-state index contributed by atoms with van der Waals surface area (Å²) in [4.78, 5) is 25.8. The van der Waals surface area contributed by atoms with Crippen LogP contribution in [0.5, 0.6) is 0 Å². The van der Waals surface area contributed by atoms with Gasteiger partial charge < -0.3 is 14.7 Å². The zero-order valence-electron chi connectivity index (χ0n) is 18.6. The molecular formula is C26H26F3NO4. The van der Waals surface area contributed by atoms with E-state index >= 15 is 0 Å². The Kier molecular flexibility index (Phi) is 5.67. The second-order valence-electron chi connectivity index (χ2n) is 9.63. The number of carboxylic acids is 1. The van der Waals surface area contributed by atoms with E-state index in [1.54, 1.807) is 12.1 Å². The molecule has 34 heavy (non-hydrogen) atoms. The Balaban J connectivity index is 1.29. The van der Waals surface area contributed by atoms with Gasteiger partial charge in [-0.1, -0.05) is 24.3 Å². The average Bonchev–Trinajstić information content (AvgIpc) is 3.24. The van der Waals surface area contributed by atoms with E-state index in [0.29, 0.717) is 31.2 Å². The number of likely N-dealkylation sites (tertiary alicyclic amines) is 1. The van der Waals surface area contributed by atoms with E-state index in [9.17, 15) is 27.9 Å². The van der Waals surface area contributed by atoms with Crippen LogP contribution in [-0.4, -0.2) is 47.7 Å². The lowest BCUT2D eigenvalue weighted by Gasteiger charge is -2.34. The van der Waals surface area contributed by atoms with Crippen LogP contribution in [0.25, 0.3) is 11.1 Å². The van der Waals surface area contributed by atoms with Gasteiger partial charge in [0.1, 0.15) is 6.10 Å². The molecule has 1 N–H and O–H groups in total. The lowest BCUT2D eigenvalue weighted by atomic mass is 9.88. The molecule has 1 unspecified atom stereocenters. The molecule has 1 spiro atoms. The van der Waals surface area contributed by atoms with Gasteiger partial charge in [-0.25, -0.2) is 4.79 Å². The van der Waals surface area contributed by atoms with E-state index in [1.165, 1.54) is 0 Å². The molecule has 1 saturated carbocycles. The smallest absolute Gasteiger partial charge is 0.417 e. The summed E-state index contributed by atoms with van der Waals surface area (Å²) in [5.74, 6) is -0.845. The Morgan fingerprint density at radius 2 is 1.76 bits per heavy atom. The zero-order chi connectivity index (χ0) is 24.1. The number of carboxylic acid groups (broad SMARTS) is 1. The highest BCUT2D eigenvalue weighted by Crippen LogP contribution is 2.65. The van der Waals surface area contributed by atoms with Crippen LogP contribution in [0, 0.1) is 5.41 Å². The quantitative estimate of drug-likeness (QED) is 0.651. The minimum atomic E-state index is -4.58. The number of rotatable bonds is 4. The number of halogens is 3. The SMILES string of the molecule is O=C(O)c1ccc(C(F)(F)F)c(-c2ccc([C@H]3CC34CCN(C(=O)C3CCCO3)CC4)cc2)c1. The van der Waals surface area contributed by atoms with Gasteiger partial charge in [-0.15, -0.1) is 0 Å². The van der Waals surface area contributed by atoms with Gasteiger partial charge in [0.05, 0.1) is 11.1 Å². The number of piperidine rings is 1. The maximum absolute atomic E-state index is 13.5. The average molecular weight is 473 g/mol. The van der Waals surface area contributed by atoms with Gasteiger partial charge in [0.2, 0.25) is 0 Å². The van der Waals surface area contributed by atoms with E-state index in [-0.39, 0.29) is 28.6 Å². The zero-order valence-corrected chi connectivity index (χ0v) is 18.6. The monoisotopic (exact) mass is 473 g/mol. The maximum Gasteiger partial charge on any atom is 0.417 e. The Bertz CT molecular complexity index is 1100. The van der Waals surface area contributed by atoms with Crippen molar-refractivity contribution in [3.63, 3.8) is 0 Å². The summed E-state index contributed by atoms with van der Waals surface area (Å²) in [6.07, 6.45) is -0.319. The van der Waals surface area contributed by atoms with Gasteiger partial charge in [0.25, 0.3) is 5.91 Å². The molecular weight excluding hydrogens is 447 g/mol. The molecule has 0 radical (unpaired) electrons. The second kappa shape index (κ2) is 8.41. The van der Waals surface area contributed by atoms with Crippen molar-refractivity contribution in [2.24, 2.45) is 5.41 Å². The highest BCUT2D eigenvalue weighted by atomic mass is 19.4. The molecule has 2 aromatic carbocycles. The number of benzene rings is 2. The normalized spacial score (nSPS) is 23.8. The number of carbonyl (C=O) groups is 2. The maximum atomic E-state index is 13.5. The summed E-state index contributed by atoms with van der Waals surface area (Å²) in [5, 5.41) is 9.22. The van der Waals surface area contributed by atoms with Crippen molar-refractivity contribution in [2.75, 3.05) is 19.7 Å². The standard InChI is InChI=1S/C26H26F3NO4/c27-26(28,29)20-8-7-18(24(32)33)14-19(20)16-3-5-17(6-4-16)21-15-25(21)9-11-30(12-10-25)23(31)22-2-1-13-34-22/h3-8,14,21-22H,1-2,9-13,15H2,(H,32,33)/t21-,22?/m1/s1. The third kappa shape index (κ3) is 4.19. The fraction of sp³-hybridized carbons (Fsp3) is 0.462. The molecule has 180 valence electrons. The molecule has 1 aliphatic carbocycles. The van der Waals surface area contributed by atoms with Gasteiger partial charge in [-0.05, 0) is 78.3 Å². The Labute approximate surface area is 195 Å². The highest BCUT2D eigenvalue weighted by Gasteiger charge is 2.55. The van der Waals surface area contributed by atoms with Gasteiger partial charge in [-0.3, -0.25) is 4.79 Å². The number of nitrogens with zero attached hydrogens (tertiary/aromatic N) is 1. The van der Waals surface area contributed by atoms with Crippen LogP contribution in [0.4, 0.5) is 13.2 Å². The van der Waals surface area contributed by atoms with E-state index in [4.69, 9.17) is 4.74 Å². The van der Waals surface area contributed by atoms with Crippen LogP contribution in [0.3, 0.4) is 0 Å². The Morgan fingerprint density at radius 3 is 2.35 bits per heavy atom. The summed E-state index contributed by atoms with van der Waals surface area (Å²) in [6, 6.07) is 9.89. The minimum Gasteiger partial charge on any atom is -0.478 e. The van der Waals surface area contributed by atoms with Crippen molar-refractivity contribution >= 4 is 11.9 Å². The summed E-state index contributed by atoms with van der Waals surface area (Å²) < 4.78 is 46.1. The molecule has 2 aromatic rings. The topological polar surface area (TPSA) is 66.8 Å². The van der Waals surface area contributed by atoms with Crippen LogP contribution >= 0.6 is 0 Å². The van der Waals surface area contributed by atoms with Gasteiger partial charge in [0, 0.05) is 19.7 Å². The first kappa shape index (κ1) is 22.9. The lowest BCUT2D eigenvalue weighted by molar-refractivity contribution is -0.142. The Hall–Kier alpha value is -2.87. The fourth-order valence-corrected chi connectivity index (χ4v) is 5.58. The molecule has 0 aromatic heterocycles. The van der Waals surface area contributed by atoms with Crippen LogP contribution in [0.2, 0.25) is 0 Å². The van der Waals surface area contributed by atoms with E-state index < -0.39 is 17.7 Å². The molecule has 2 heterocycles. The van der Waals surface area contributed by atoms with Gasteiger partial charge >= 0.3 is 12.1 Å². The summed E-state index contributed by atoms with van der Waals surface area (Å²) in [5.41, 5.74) is 0.394. The third-order valence-corrected chi connectivity index (χ3v) is 7.66. The van der Waals surface area contributed by atoms with Crippen molar-refractivity contribution in [1.82, 2.24) is 4.90 Å². The number of ether oxygens (including phenoxy) is 1. The first-order valence-corrected chi connectivity index (χ1v) is 11.6. The van der Waals surface area contributed by atoms with Crippen molar-refractivity contribution in [3.05, 3.63) is 59.2 Å².